The third-order valence-electron chi connectivity index (χ3n) is 5.81. The van der Waals surface area contributed by atoms with Crippen molar-refractivity contribution in [3.63, 3.8) is 0 Å². The van der Waals surface area contributed by atoms with Gasteiger partial charge < -0.3 is 14.4 Å². The van der Waals surface area contributed by atoms with Crippen LogP contribution in [0.15, 0.2) is 30.3 Å². The van der Waals surface area contributed by atoms with Crippen LogP contribution in [0.4, 0.5) is 0 Å². The average Bonchev–Trinajstić information content (AvgIpc) is 2.69. The first-order chi connectivity index (χ1) is 12.2. The Hall–Kier alpha value is -1.39. The van der Waals surface area contributed by atoms with Gasteiger partial charge in [-0.05, 0) is 43.6 Å². The number of likely N-dealkylation sites (tertiary alicyclic amines) is 1. The molecule has 2 fully saturated rings. The summed E-state index contributed by atoms with van der Waals surface area (Å²) in [6.45, 7) is 3.00. The van der Waals surface area contributed by atoms with Gasteiger partial charge in [0, 0.05) is 46.3 Å². The van der Waals surface area contributed by atoms with E-state index in [-0.39, 0.29) is 5.91 Å². The zero-order chi connectivity index (χ0) is 17.5. The first kappa shape index (κ1) is 18.4. The summed E-state index contributed by atoms with van der Waals surface area (Å²) >= 11 is 0. The van der Waals surface area contributed by atoms with Crippen molar-refractivity contribution in [1.82, 2.24) is 4.90 Å². The summed E-state index contributed by atoms with van der Waals surface area (Å²) in [5.74, 6) is 0.807. The minimum Gasteiger partial charge on any atom is -0.381 e. The van der Waals surface area contributed by atoms with Crippen molar-refractivity contribution in [2.75, 3.05) is 33.4 Å². The van der Waals surface area contributed by atoms with Crippen LogP contribution in [-0.2, 0) is 20.7 Å². The number of carbonyl (C=O) groups is 1. The molecule has 0 bridgehead atoms. The number of benzene rings is 1. The van der Waals surface area contributed by atoms with Gasteiger partial charge in [0.15, 0.2) is 5.60 Å². The molecule has 2 aliphatic rings. The highest BCUT2D eigenvalue weighted by atomic mass is 16.5. The Labute approximate surface area is 151 Å². The van der Waals surface area contributed by atoms with E-state index < -0.39 is 5.60 Å². The quantitative estimate of drug-likeness (QED) is 0.793. The Bertz CT molecular complexity index is 539. The minimum absolute atomic E-state index is 0.186. The van der Waals surface area contributed by atoms with E-state index >= 15 is 0 Å². The molecule has 2 aliphatic heterocycles. The van der Waals surface area contributed by atoms with Crippen LogP contribution in [0.25, 0.3) is 0 Å². The fraction of sp³-hybridized carbons (Fsp3) is 0.667. The highest BCUT2D eigenvalue weighted by Crippen LogP contribution is 2.30. The second-order valence-corrected chi connectivity index (χ2v) is 7.45. The molecular weight excluding hydrogens is 314 g/mol. The fourth-order valence-electron chi connectivity index (χ4n) is 4.22. The zero-order valence-electron chi connectivity index (χ0n) is 15.4. The number of carbonyl (C=O) groups excluding carboxylic acids is 1. The van der Waals surface area contributed by atoms with E-state index in [1.54, 1.807) is 7.11 Å². The molecule has 1 aromatic carbocycles. The van der Waals surface area contributed by atoms with E-state index in [1.165, 1.54) is 24.8 Å². The standard InChI is InChI=1S/C21H31NO3/c1-24-21(12-15-25-16-13-21)20(23)22-14-6-11-19(17-22)10-5-9-18-7-3-2-4-8-18/h2-4,7-8,19H,5-6,9-17H2,1H3/t19-/m0/s1. The number of hydrogen-bond acceptors (Lipinski definition) is 3. The molecule has 2 saturated heterocycles. The SMILES string of the molecule is COC1(C(=O)N2CCC[C@H](CCCc3ccccc3)C2)CCOCC1. The maximum atomic E-state index is 13.1. The van der Waals surface area contributed by atoms with E-state index in [4.69, 9.17) is 9.47 Å². The van der Waals surface area contributed by atoms with Gasteiger partial charge in [0.2, 0.25) is 0 Å². The molecule has 138 valence electrons. The lowest BCUT2D eigenvalue weighted by atomic mass is 9.88. The monoisotopic (exact) mass is 345 g/mol. The summed E-state index contributed by atoms with van der Waals surface area (Å²) in [6.07, 6.45) is 7.22. The minimum atomic E-state index is -0.649. The average molecular weight is 345 g/mol. The molecule has 0 saturated carbocycles. The van der Waals surface area contributed by atoms with Crippen LogP contribution in [0, 0.1) is 5.92 Å². The molecular formula is C21H31NO3. The normalized spacial score (nSPS) is 23.4. The summed E-state index contributed by atoms with van der Waals surface area (Å²) in [4.78, 5) is 15.2. The van der Waals surface area contributed by atoms with Crippen LogP contribution >= 0.6 is 0 Å². The largest absolute Gasteiger partial charge is 0.381 e. The van der Waals surface area contributed by atoms with Gasteiger partial charge in [-0.1, -0.05) is 30.3 Å². The van der Waals surface area contributed by atoms with Gasteiger partial charge in [-0.2, -0.15) is 0 Å². The first-order valence-corrected chi connectivity index (χ1v) is 9.70. The van der Waals surface area contributed by atoms with E-state index in [9.17, 15) is 4.79 Å². The molecule has 1 atom stereocenters. The number of rotatable bonds is 6. The number of ether oxygens (including phenoxy) is 2. The Morgan fingerprint density at radius 2 is 2.04 bits per heavy atom. The molecule has 1 aromatic rings. The molecule has 1 amide bonds. The third kappa shape index (κ3) is 4.62. The molecule has 0 unspecified atom stereocenters. The molecule has 4 nitrogen and oxygen atoms in total. The molecule has 0 aliphatic carbocycles. The summed E-state index contributed by atoms with van der Waals surface area (Å²) in [7, 11) is 1.67. The van der Waals surface area contributed by atoms with Crippen molar-refractivity contribution in [3.8, 4) is 0 Å². The van der Waals surface area contributed by atoms with Crippen molar-refractivity contribution in [2.45, 2.75) is 50.5 Å². The summed E-state index contributed by atoms with van der Waals surface area (Å²) in [5, 5.41) is 0. The van der Waals surface area contributed by atoms with E-state index in [0.717, 1.165) is 25.9 Å². The van der Waals surface area contributed by atoms with E-state index in [1.807, 2.05) is 0 Å². The van der Waals surface area contributed by atoms with Crippen molar-refractivity contribution >= 4 is 5.91 Å². The van der Waals surface area contributed by atoms with Gasteiger partial charge in [0.1, 0.15) is 0 Å². The molecule has 0 spiro atoms. The number of piperidine rings is 1. The maximum absolute atomic E-state index is 13.1. The van der Waals surface area contributed by atoms with Gasteiger partial charge in [0.05, 0.1) is 0 Å². The molecule has 3 rings (SSSR count). The summed E-state index contributed by atoms with van der Waals surface area (Å²) in [6, 6.07) is 10.7. The van der Waals surface area contributed by atoms with Crippen molar-refractivity contribution < 1.29 is 14.3 Å². The van der Waals surface area contributed by atoms with Gasteiger partial charge in [0.25, 0.3) is 5.91 Å². The summed E-state index contributed by atoms with van der Waals surface area (Å²) < 4.78 is 11.1. The van der Waals surface area contributed by atoms with Crippen LogP contribution in [0.5, 0.6) is 0 Å². The number of amides is 1. The van der Waals surface area contributed by atoms with Gasteiger partial charge >= 0.3 is 0 Å². The highest BCUT2D eigenvalue weighted by molar-refractivity contribution is 5.85. The lowest BCUT2D eigenvalue weighted by Gasteiger charge is -2.41. The highest BCUT2D eigenvalue weighted by Gasteiger charge is 2.43. The molecule has 25 heavy (non-hydrogen) atoms. The number of nitrogens with zero attached hydrogens (tertiary/aromatic N) is 1. The van der Waals surface area contributed by atoms with Gasteiger partial charge in [-0.3, -0.25) is 4.79 Å². The molecule has 0 N–H and O–H groups in total. The fourth-order valence-corrected chi connectivity index (χ4v) is 4.22. The first-order valence-electron chi connectivity index (χ1n) is 9.70. The molecule has 2 heterocycles. The molecule has 0 aromatic heterocycles. The Morgan fingerprint density at radius 3 is 2.76 bits per heavy atom. The predicted molar refractivity (Wildman–Crippen MR) is 98.5 cm³/mol. The van der Waals surface area contributed by atoms with Crippen LogP contribution < -0.4 is 0 Å². The van der Waals surface area contributed by atoms with Crippen LogP contribution in [0.2, 0.25) is 0 Å². The molecule has 0 radical (unpaired) electrons. The van der Waals surface area contributed by atoms with E-state index in [0.29, 0.717) is 32.0 Å². The smallest absolute Gasteiger partial charge is 0.254 e. The Balaban J connectivity index is 1.51. The second kappa shape index (κ2) is 8.81. The lowest BCUT2D eigenvalue weighted by Crippen LogP contribution is -2.55. The Morgan fingerprint density at radius 1 is 1.28 bits per heavy atom. The van der Waals surface area contributed by atoms with E-state index in [2.05, 4.69) is 35.2 Å². The Kier molecular flexibility index (Phi) is 6.49. The number of hydrogen-bond donors (Lipinski definition) is 0. The van der Waals surface area contributed by atoms with Gasteiger partial charge in [-0.15, -0.1) is 0 Å². The molecule has 4 heteroatoms. The topological polar surface area (TPSA) is 38.8 Å². The summed E-state index contributed by atoms with van der Waals surface area (Å²) in [5.41, 5.74) is 0.760. The van der Waals surface area contributed by atoms with Crippen LogP contribution in [-0.4, -0.2) is 49.8 Å². The second-order valence-electron chi connectivity index (χ2n) is 7.45. The van der Waals surface area contributed by atoms with Gasteiger partial charge in [-0.25, -0.2) is 0 Å². The van der Waals surface area contributed by atoms with Crippen LogP contribution in [0.3, 0.4) is 0 Å². The maximum Gasteiger partial charge on any atom is 0.254 e. The predicted octanol–water partition coefficient (Wildman–Crippen LogP) is 3.44. The van der Waals surface area contributed by atoms with Crippen molar-refractivity contribution in [1.29, 1.82) is 0 Å². The van der Waals surface area contributed by atoms with Crippen molar-refractivity contribution in [2.24, 2.45) is 5.92 Å². The number of methoxy groups -OCH3 is 1. The third-order valence-corrected chi connectivity index (χ3v) is 5.81. The number of aryl methyl sites for hydroxylation is 1. The lowest BCUT2D eigenvalue weighted by molar-refractivity contribution is -0.168. The van der Waals surface area contributed by atoms with Crippen LogP contribution in [0.1, 0.15) is 44.1 Å². The zero-order valence-corrected chi connectivity index (χ0v) is 15.4. The van der Waals surface area contributed by atoms with Crippen molar-refractivity contribution in [3.05, 3.63) is 35.9 Å².